The monoisotopic (exact) mass is 327 g/mol. The molecule has 1 N–H and O–H groups in total. The Morgan fingerprint density at radius 1 is 1.29 bits per heavy atom. The number of rotatable bonds is 5. The molecule has 126 valence electrons. The van der Waals surface area contributed by atoms with Gasteiger partial charge in [-0.05, 0) is 38.3 Å². The highest BCUT2D eigenvalue weighted by molar-refractivity contribution is 5.94. The van der Waals surface area contributed by atoms with Crippen molar-refractivity contribution >= 4 is 17.6 Å². The Balaban J connectivity index is 1.65. The fraction of sp³-hybridized carbons (Fsp3) is 0.389. The third-order valence-corrected chi connectivity index (χ3v) is 4.31. The molecule has 3 rings (SSSR count). The standard InChI is InChI=1S/C18H21N3O3/c1-11-9-15(11)18(23)24-10-16(22)19-17-12(2)20-21(13(17)3)14-7-5-4-6-8-14/h4-8,11,15H,9-10H2,1-3H3,(H,19,22)/t11-,15-/m0/s1. The zero-order chi connectivity index (χ0) is 17.3. The van der Waals surface area contributed by atoms with Gasteiger partial charge >= 0.3 is 5.97 Å². The molecule has 1 aromatic carbocycles. The molecule has 0 aliphatic heterocycles. The number of aromatic nitrogens is 2. The van der Waals surface area contributed by atoms with Crippen LogP contribution in [0.15, 0.2) is 30.3 Å². The molecule has 1 aliphatic rings. The molecular weight excluding hydrogens is 306 g/mol. The number of para-hydroxylation sites is 1. The smallest absolute Gasteiger partial charge is 0.309 e. The van der Waals surface area contributed by atoms with Crippen LogP contribution in [0.25, 0.3) is 5.69 Å². The number of hydrogen-bond acceptors (Lipinski definition) is 4. The van der Waals surface area contributed by atoms with Crippen LogP contribution < -0.4 is 5.32 Å². The van der Waals surface area contributed by atoms with Crippen molar-refractivity contribution in [3.8, 4) is 5.69 Å². The van der Waals surface area contributed by atoms with Gasteiger partial charge in [0, 0.05) is 0 Å². The van der Waals surface area contributed by atoms with E-state index in [1.54, 1.807) is 4.68 Å². The van der Waals surface area contributed by atoms with Crippen molar-refractivity contribution in [3.63, 3.8) is 0 Å². The average molecular weight is 327 g/mol. The second-order valence-corrected chi connectivity index (χ2v) is 6.27. The minimum atomic E-state index is -0.351. The van der Waals surface area contributed by atoms with Crippen LogP contribution in [0.4, 0.5) is 5.69 Å². The zero-order valence-electron chi connectivity index (χ0n) is 14.1. The number of carbonyl (C=O) groups excluding carboxylic acids is 2. The Morgan fingerprint density at radius 3 is 2.58 bits per heavy atom. The summed E-state index contributed by atoms with van der Waals surface area (Å²) in [6.07, 6.45) is 0.850. The number of benzene rings is 1. The molecule has 0 radical (unpaired) electrons. The van der Waals surface area contributed by atoms with Gasteiger partial charge in [-0.2, -0.15) is 5.10 Å². The molecule has 1 amide bonds. The maximum atomic E-state index is 12.1. The van der Waals surface area contributed by atoms with Crippen LogP contribution in [0.2, 0.25) is 0 Å². The van der Waals surface area contributed by atoms with E-state index in [0.29, 0.717) is 17.3 Å². The van der Waals surface area contributed by atoms with Crippen LogP contribution in [-0.2, 0) is 14.3 Å². The van der Waals surface area contributed by atoms with Gasteiger partial charge in [0.05, 0.1) is 28.7 Å². The van der Waals surface area contributed by atoms with Crippen LogP contribution >= 0.6 is 0 Å². The van der Waals surface area contributed by atoms with Crippen molar-refractivity contribution < 1.29 is 14.3 Å². The van der Waals surface area contributed by atoms with Crippen LogP contribution in [0.5, 0.6) is 0 Å². The molecule has 0 unspecified atom stereocenters. The van der Waals surface area contributed by atoms with E-state index >= 15 is 0 Å². The van der Waals surface area contributed by atoms with Crippen LogP contribution in [0.1, 0.15) is 24.7 Å². The molecule has 1 heterocycles. The summed E-state index contributed by atoms with van der Waals surface area (Å²) in [5.74, 6) is -0.308. The number of anilines is 1. The predicted molar refractivity (Wildman–Crippen MR) is 89.9 cm³/mol. The van der Waals surface area contributed by atoms with Gasteiger partial charge < -0.3 is 10.1 Å². The highest BCUT2D eigenvalue weighted by Gasteiger charge is 2.40. The van der Waals surface area contributed by atoms with Crippen molar-refractivity contribution in [3.05, 3.63) is 41.7 Å². The molecule has 1 fully saturated rings. The third-order valence-electron chi connectivity index (χ3n) is 4.31. The van der Waals surface area contributed by atoms with Crippen LogP contribution in [-0.4, -0.2) is 28.3 Å². The third kappa shape index (κ3) is 3.32. The van der Waals surface area contributed by atoms with E-state index in [1.807, 2.05) is 51.1 Å². The van der Waals surface area contributed by atoms with E-state index in [2.05, 4.69) is 10.4 Å². The minimum absolute atomic E-state index is 0.0397. The summed E-state index contributed by atoms with van der Waals surface area (Å²) in [4.78, 5) is 23.7. The summed E-state index contributed by atoms with van der Waals surface area (Å²) in [6.45, 7) is 5.45. The second kappa shape index (κ2) is 6.47. The van der Waals surface area contributed by atoms with Gasteiger partial charge in [0.25, 0.3) is 5.91 Å². The molecule has 24 heavy (non-hydrogen) atoms. The lowest BCUT2D eigenvalue weighted by Crippen LogP contribution is -2.22. The highest BCUT2D eigenvalue weighted by atomic mass is 16.5. The molecule has 2 atom stereocenters. The largest absolute Gasteiger partial charge is 0.455 e. The fourth-order valence-electron chi connectivity index (χ4n) is 2.71. The average Bonchev–Trinajstić information content (AvgIpc) is 3.25. The Bertz CT molecular complexity index is 767. The Hall–Kier alpha value is -2.63. The summed E-state index contributed by atoms with van der Waals surface area (Å²) in [5, 5.41) is 7.27. The lowest BCUT2D eigenvalue weighted by atomic mass is 10.3. The fourth-order valence-corrected chi connectivity index (χ4v) is 2.71. The number of hydrogen-bond donors (Lipinski definition) is 1. The molecule has 1 aliphatic carbocycles. The van der Waals surface area contributed by atoms with Crippen molar-refractivity contribution in [2.75, 3.05) is 11.9 Å². The SMILES string of the molecule is Cc1nn(-c2ccccc2)c(C)c1NC(=O)COC(=O)[C@H]1C[C@@H]1C. The normalized spacial score (nSPS) is 19.0. The van der Waals surface area contributed by atoms with Crippen LogP contribution in [0, 0.1) is 25.7 Å². The van der Waals surface area contributed by atoms with E-state index < -0.39 is 0 Å². The summed E-state index contributed by atoms with van der Waals surface area (Å²) in [7, 11) is 0. The van der Waals surface area contributed by atoms with Gasteiger partial charge in [0.2, 0.25) is 0 Å². The Morgan fingerprint density at radius 2 is 1.96 bits per heavy atom. The first kappa shape index (κ1) is 16.2. The molecular formula is C18H21N3O3. The number of nitrogens with one attached hydrogen (secondary N) is 1. The minimum Gasteiger partial charge on any atom is -0.455 e. The molecule has 1 saturated carbocycles. The number of nitrogens with zero attached hydrogens (tertiary/aromatic N) is 2. The van der Waals surface area contributed by atoms with Gasteiger partial charge in [-0.25, -0.2) is 4.68 Å². The van der Waals surface area contributed by atoms with Gasteiger partial charge in [0.1, 0.15) is 0 Å². The lowest BCUT2D eigenvalue weighted by molar-refractivity contribution is -0.148. The molecule has 2 aromatic rings. The number of aryl methyl sites for hydroxylation is 1. The quantitative estimate of drug-likeness (QED) is 0.857. The molecule has 0 bridgehead atoms. The summed E-state index contributed by atoms with van der Waals surface area (Å²) >= 11 is 0. The lowest BCUT2D eigenvalue weighted by Gasteiger charge is -2.08. The first-order chi connectivity index (χ1) is 11.5. The molecule has 1 aromatic heterocycles. The molecule has 0 spiro atoms. The van der Waals surface area contributed by atoms with E-state index in [4.69, 9.17) is 4.74 Å². The van der Waals surface area contributed by atoms with Crippen molar-refractivity contribution in [2.24, 2.45) is 11.8 Å². The number of carbonyl (C=O) groups is 2. The first-order valence-corrected chi connectivity index (χ1v) is 8.05. The predicted octanol–water partition coefficient (Wildman–Crippen LogP) is 2.63. The second-order valence-electron chi connectivity index (χ2n) is 6.27. The van der Waals surface area contributed by atoms with E-state index in [1.165, 1.54) is 0 Å². The Labute approximate surface area is 140 Å². The number of ether oxygens (including phenoxy) is 1. The first-order valence-electron chi connectivity index (χ1n) is 8.05. The molecule has 6 nitrogen and oxygen atoms in total. The molecule has 0 saturated heterocycles. The van der Waals surface area contributed by atoms with Crippen molar-refractivity contribution in [1.29, 1.82) is 0 Å². The maximum Gasteiger partial charge on any atom is 0.309 e. The van der Waals surface area contributed by atoms with Crippen LogP contribution in [0.3, 0.4) is 0 Å². The maximum absolute atomic E-state index is 12.1. The topological polar surface area (TPSA) is 73.2 Å². The van der Waals surface area contributed by atoms with Gasteiger partial charge in [-0.3, -0.25) is 9.59 Å². The van der Waals surface area contributed by atoms with E-state index in [0.717, 1.165) is 17.8 Å². The van der Waals surface area contributed by atoms with Gasteiger partial charge in [-0.1, -0.05) is 25.1 Å². The van der Waals surface area contributed by atoms with Gasteiger partial charge in [0.15, 0.2) is 6.61 Å². The van der Waals surface area contributed by atoms with Crippen molar-refractivity contribution in [1.82, 2.24) is 9.78 Å². The number of esters is 1. The summed E-state index contributed by atoms with van der Waals surface area (Å²) in [6, 6.07) is 9.70. The van der Waals surface area contributed by atoms with Crippen molar-refractivity contribution in [2.45, 2.75) is 27.2 Å². The van der Waals surface area contributed by atoms with E-state index in [-0.39, 0.29) is 24.4 Å². The molecule has 6 heteroatoms. The van der Waals surface area contributed by atoms with Gasteiger partial charge in [-0.15, -0.1) is 0 Å². The van der Waals surface area contributed by atoms with E-state index in [9.17, 15) is 9.59 Å². The highest BCUT2D eigenvalue weighted by Crippen LogP contribution is 2.38. The Kier molecular flexibility index (Phi) is 4.38. The summed E-state index contributed by atoms with van der Waals surface area (Å²) in [5.41, 5.74) is 3.12. The number of amides is 1. The summed E-state index contributed by atoms with van der Waals surface area (Å²) < 4.78 is 6.84. The zero-order valence-corrected chi connectivity index (χ0v) is 14.1.